The quantitative estimate of drug-likeness (QED) is 0.558. The molecule has 1 aromatic heterocycles. The smallest absolute Gasteiger partial charge is 0.357 e. The van der Waals surface area contributed by atoms with Crippen LogP contribution in [0.1, 0.15) is 49.7 Å². The molecule has 3 N–H and O–H groups in total. The monoisotopic (exact) mass is 477 g/mol. The van der Waals surface area contributed by atoms with Crippen LogP contribution in [0.4, 0.5) is 31.0 Å². The molecule has 0 bridgehead atoms. The molecule has 0 unspecified atom stereocenters. The van der Waals surface area contributed by atoms with Gasteiger partial charge in [-0.05, 0) is 50.2 Å². The highest BCUT2D eigenvalue weighted by Gasteiger charge is 2.33. The molecule has 2 heterocycles. The first kappa shape index (κ1) is 24.0. The van der Waals surface area contributed by atoms with Crippen LogP contribution in [-0.4, -0.2) is 47.0 Å². The Morgan fingerprint density at radius 2 is 1.71 bits per heavy atom. The summed E-state index contributed by atoms with van der Waals surface area (Å²) in [5.74, 6) is 1.25. The van der Waals surface area contributed by atoms with Gasteiger partial charge in [-0.15, -0.1) is 0 Å². The van der Waals surface area contributed by atoms with Gasteiger partial charge in [0.15, 0.2) is 0 Å². The average molecular weight is 478 g/mol. The van der Waals surface area contributed by atoms with Crippen molar-refractivity contribution >= 4 is 23.8 Å². The Morgan fingerprint density at radius 3 is 2.38 bits per heavy atom. The van der Waals surface area contributed by atoms with Gasteiger partial charge in [-0.1, -0.05) is 18.2 Å². The average Bonchev–Trinajstić information content (AvgIpc) is 3.37. The number of nitrogens with zero attached hydrogens (tertiary/aromatic N) is 4. The van der Waals surface area contributed by atoms with Crippen molar-refractivity contribution in [1.29, 1.82) is 0 Å². The Balaban J connectivity index is 1.30. The summed E-state index contributed by atoms with van der Waals surface area (Å²) >= 11 is 0. The van der Waals surface area contributed by atoms with E-state index in [2.05, 4.69) is 35.8 Å². The largest absolute Gasteiger partial charge is 0.416 e. The first-order valence-electron chi connectivity index (χ1n) is 11.7. The van der Waals surface area contributed by atoms with Gasteiger partial charge in [-0.2, -0.15) is 28.1 Å². The predicted molar refractivity (Wildman–Crippen MR) is 123 cm³/mol. The Morgan fingerprint density at radius 1 is 1.03 bits per heavy atom. The molecule has 1 aliphatic heterocycles. The summed E-state index contributed by atoms with van der Waals surface area (Å²) in [6.45, 7) is 1.73. The molecule has 2 aromatic rings. The SMILES string of the molecule is CNc1nc(N[C@H]2CC[C@@H](C(=O)NCc3ccccc3C(F)(F)F)CC2)nc(N2CCCC2)n1. The minimum atomic E-state index is -4.44. The number of anilines is 3. The van der Waals surface area contributed by atoms with Crippen LogP contribution in [0.5, 0.6) is 0 Å². The lowest BCUT2D eigenvalue weighted by molar-refractivity contribution is -0.138. The van der Waals surface area contributed by atoms with Crippen molar-refractivity contribution in [2.45, 2.75) is 57.3 Å². The lowest BCUT2D eigenvalue weighted by Crippen LogP contribution is -2.36. The van der Waals surface area contributed by atoms with Gasteiger partial charge in [0.05, 0.1) is 5.56 Å². The van der Waals surface area contributed by atoms with E-state index in [1.807, 2.05) is 0 Å². The highest BCUT2D eigenvalue weighted by Crippen LogP contribution is 2.32. The fraction of sp³-hybridized carbons (Fsp3) is 0.565. The maximum Gasteiger partial charge on any atom is 0.416 e. The number of benzene rings is 1. The maximum absolute atomic E-state index is 13.2. The van der Waals surface area contributed by atoms with E-state index in [9.17, 15) is 18.0 Å². The highest BCUT2D eigenvalue weighted by atomic mass is 19.4. The molecule has 0 atom stereocenters. The van der Waals surface area contributed by atoms with Gasteiger partial charge in [0, 0.05) is 38.6 Å². The minimum absolute atomic E-state index is 0.0719. The molecule has 34 heavy (non-hydrogen) atoms. The molecular weight excluding hydrogens is 447 g/mol. The number of carbonyl (C=O) groups excluding carboxylic acids is 1. The molecule has 2 fully saturated rings. The van der Waals surface area contributed by atoms with Crippen LogP contribution < -0.4 is 20.9 Å². The molecule has 2 aliphatic rings. The van der Waals surface area contributed by atoms with E-state index in [-0.39, 0.29) is 30.0 Å². The van der Waals surface area contributed by atoms with Crippen LogP contribution in [0.25, 0.3) is 0 Å². The summed E-state index contributed by atoms with van der Waals surface area (Å²) in [6.07, 6.45) is 0.588. The summed E-state index contributed by atoms with van der Waals surface area (Å²) in [5.41, 5.74) is -0.641. The summed E-state index contributed by atoms with van der Waals surface area (Å²) in [5, 5.41) is 9.05. The van der Waals surface area contributed by atoms with Crippen LogP contribution in [0, 0.1) is 5.92 Å². The fourth-order valence-electron chi connectivity index (χ4n) is 4.56. The van der Waals surface area contributed by atoms with E-state index in [0.717, 1.165) is 44.8 Å². The fourth-order valence-corrected chi connectivity index (χ4v) is 4.56. The van der Waals surface area contributed by atoms with E-state index < -0.39 is 11.7 Å². The number of alkyl halides is 3. The molecule has 184 valence electrons. The third-order valence-electron chi connectivity index (χ3n) is 6.44. The number of nitrogens with one attached hydrogen (secondary N) is 3. The number of rotatable bonds is 7. The molecule has 0 radical (unpaired) electrons. The molecule has 1 aliphatic carbocycles. The van der Waals surface area contributed by atoms with Gasteiger partial charge >= 0.3 is 6.18 Å². The molecule has 1 saturated carbocycles. The molecule has 1 aromatic carbocycles. The molecule has 11 heteroatoms. The van der Waals surface area contributed by atoms with Crippen LogP contribution in [0.2, 0.25) is 0 Å². The van der Waals surface area contributed by atoms with E-state index in [4.69, 9.17) is 0 Å². The topological polar surface area (TPSA) is 95.1 Å². The first-order valence-corrected chi connectivity index (χ1v) is 11.7. The Labute approximate surface area is 196 Å². The van der Waals surface area contributed by atoms with Crippen molar-refractivity contribution in [2.75, 3.05) is 35.7 Å². The van der Waals surface area contributed by atoms with E-state index in [1.54, 1.807) is 13.1 Å². The lowest BCUT2D eigenvalue weighted by Gasteiger charge is -2.29. The van der Waals surface area contributed by atoms with Gasteiger partial charge in [0.2, 0.25) is 23.8 Å². The van der Waals surface area contributed by atoms with Crippen LogP contribution >= 0.6 is 0 Å². The zero-order valence-electron chi connectivity index (χ0n) is 19.2. The van der Waals surface area contributed by atoms with Crippen molar-refractivity contribution in [1.82, 2.24) is 20.3 Å². The number of amides is 1. The normalized spacial score (nSPS) is 20.8. The summed E-state index contributed by atoms with van der Waals surface area (Å²) in [7, 11) is 1.77. The van der Waals surface area contributed by atoms with Crippen LogP contribution in [-0.2, 0) is 17.5 Å². The number of aromatic nitrogens is 3. The van der Waals surface area contributed by atoms with Crippen molar-refractivity contribution in [3.63, 3.8) is 0 Å². The summed E-state index contributed by atoms with van der Waals surface area (Å²) in [4.78, 5) is 28.2. The maximum atomic E-state index is 13.2. The Kier molecular flexibility index (Phi) is 7.38. The standard InChI is InChI=1S/C23H30F3N7O/c1-27-20-30-21(32-22(31-20)33-12-4-5-13-33)29-17-10-8-15(9-11-17)19(34)28-14-16-6-2-3-7-18(16)23(24,25)26/h2-3,6-7,15,17H,4-5,8-14H2,1H3,(H,28,34)(H2,27,29,30,31,32)/t15-,17+. The van der Waals surface area contributed by atoms with Crippen molar-refractivity contribution < 1.29 is 18.0 Å². The van der Waals surface area contributed by atoms with E-state index in [0.29, 0.717) is 30.7 Å². The van der Waals surface area contributed by atoms with Gasteiger partial charge in [-0.25, -0.2) is 0 Å². The van der Waals surface area contributed by atoms with E-state index >= 15 is 0 Å². The highest BCUT2D eigenvalue weighted by molar-refractivity contribution is 5.78. The summed E-state index contributed by atoms with van der Waals surface area (Å²) < 4.78 is 39.5. The van der Waals surface area contributed by atoms with Crippen molar-refractivity contribution in [3.8, 4) is 0 Å². The summed E-state index contributed by atoms with van der Waals surface area (Å²) in [6, 6.07) is 5.45. The molecular formula is C23H30F3N7O. The molecule has 8 nitrogen and oxygen atoms in total. The lowest BCUT2D eigenvalue weighted by atomic mass is 9.85. The van der Waals surface area contributed by atoms with Crippen LogP contribution in [0.15, 0.2) is 24.3 Å². The van der Waals surface area contributed by atoms with Gasteiger partial charge < -0.3 is 20.9 Å². The zero-order chi connectivity index (χ0) is 24.1. The molecule has 0 spiro atoms. The van der Waals surface area contributed by atoms with Gasteiger partial charge in [-0.3, -0.25) is 4.79 Å². The van der Waals surface area contributed by atoms with Gasteiger partial charge in [0.1, 0.15) is 0 Å². The Bertz CT molecular complexity index is 987. The van der Waals surface area contributed by atoms with Crippen molar-refractivity contribution in [2.24, 2.45) is 5.92 Å². The number of carbonyl (C=O) groups is 1. The Hall–Kier alpha value is -3.11. The molecule has 4 rings (SSSR count). The molecule has 1 saturated heterocycles. The second-order valence-electron chi connectivity index (χ2n) is 8.79. The minimum Gasteiger partial charge on any atom is -0.357 e. The van der Waals surface area contributed by atoms with Crippen molar-refractivity contribution in [3.05, 3.63) is 35.4 Å². The number of hydrogen-bond acceptors (Lipinski definition) is 7. The van der Waals surface area contributed by atoms with E-state index in [1.165, 1.54) is 12.1 Å². The number of hydrogen-bond donors (Lipinski definition) is 3. The molecule has 1 amide bonds. The zero-order valence-corrected chi connectivity index (χ0v) is 19.2. The second kappa shape index (κ2) is 10.4. The first-order chi connectivity index (χ1) is 16.3. The predicted octanol–water partition coefficient (Wildman–Crippen LogP) is 3.82. The van der Waals surface area contributed by atoms with Gasteiger partial charge in [0.25, 0.3) is 0 Å². The third-order valence-corrected chi connectivity index (χ3v) is 6.44. The van der Waals surface area contributed by atoms with Crippen LogP contribution in [0.3, 0.4) is 0 Å². The second-order valence-corrected chi connectivity index (χ2v) is 8.79. The number of halogens is 3. The third kappa shape index (κ3) is 5.87.